The molecule has 3 aromatic rings. The first-order chi connectivity index (χ1) is 13.1. The molecule has 7 nitrogen and oxygen atoms in total. The van der Waals surface area contributed by atoms with Gasteiger partial charge in [0.05, 0.1) is 25.5 Å². The molecule has 0 aliphatic carbocycles. The number of ether oxygens (including phenoxy) is 2. The lowest BCUT2D eigenvalue weighted by atomic mass is 10.2. The van der Waals surface area contributed by atoms with E-state index in [-0.39, 0.29) is 5.91 Å². The lowest BCUT2D eigenvalue weighted by Crippen LogP contribution is -2.13. The van der Waals surface area contributed by atoms with Gasteiger partial charge >= 0.3 is 0 Å². The van der Waals surface area contributed by atoms with Crippen LogP contribution in [-0.2, 0) is 0 Å². The van der Waals surface area contributed by atoms with Crippen LogP contribution in [0.3, 0.4) is 0 Å². The van der Waals surface area contributed by atoms with Crippen molar-refractivity contribution in [1.29, 1.82) is 0 Å². The average Bonchev–Trinajstić information content (AvgIpc) is 2.70. The highest BCUT2D eigenvalue weighted by Gasteiger charge is 2.10. The summed E-state index contributed by atoms with van der Waals surface area (Å²) in [5, 5.41) is 6.40. The van der Waals surface area contributed by atoms with Crippen LogP contribution in [0.4, 0.5) is 17.3 Å². The first-order valence-electron chi connectivity index (χ1n) is 7.97. The number of anilines is 3. The van der Waals surface area contributed by atoms with E-state index < -0.39 is 0 Å². The van der Waals surface area contributed by atoms with E-state index in [1.807, 2.05) is 0 Å². The van der Waals surface area contributed by atoms with Crippen LogP contribution in [0.1, 0.15) is 10.4 Å². The van der Waals surface area contributed by atoms with E-state index in [0.717, 1.165) is 0 Å². The van der Waals surface area contributed by atoms with Crippen molar-refractivity contribution in [2.24, 2.45) is 0 Å². The van der Waals surface area contributed by atoms with E-state index in [4.69, 9.17) is 21.1 Å². The van der Waals surface area contributed by atoms with Crippen molar-refractivity contribution < 1.29 is 14.3 Å². The third-order valence-electron chi connectivity index (χ3n) is 3.67. The third kappa shape index (κ3) is 4.65. The Bertz CT molecular complexity index is 931. The Balaban J connectivity index is 1.72. The largest absolute Gasteiger partial charge is 0.497 e. The molecule has 1 amide bonds. The highest BCUT2D eigenvalue weighted by molar-refractivity contribution is 6.30. The summed E-state index contributed by atoms with van der Waals surface area (Å²) >= 11 is 5.83. The number of halogens is 1. The number of carbonyl (C=O) groups excluding carboxylic acids is 1. The number of hydrogen-bond donors (Lipinski definition) is 2. The van der Waals surface area contributed by atoms with Crippen LogP contribution in [0.15, 0.2) is 54.9 Å². The molecule has 1 aromatic heterocycles. The van der Waals surface area contributed by atoms with Crippen LogP contribution in [0, 0.1) is 0 Å². The zero-order valence-corrected chi connectivity index (χ0v) is 15.4. The number of aromatic nitrogens is 2. The molecular weight excluding hydrogens is 368 g/mol. The maximum atomic E-state index is 12.3. The average molecular weight is 385 g/mol. The summed E-state index contributed by atoms with van der Waals surface area (Å²) in [4.78, 5) is 20.6. The van der Waals surface area contributed by atoms with Crippen molar-refractivity contribution in [2.45, 2.75) is 0 Å². The summed E-state index contributed by atoms with van der Waals surface area (Å²) in [7, 11) is 3.15. The summed E-state index contributed by atoms with van der Waals surface area (Å²) < 4.78 is 10.5. The molecule has 0 spiro atoms. The van der Waals surface area contributed by atoms with Gasteiger partial charge in [-0.1, -0.05) is 11.6 Å². The molecule has 0 unspecified atom stereocenters. The van der Waals surface area contributed by atoms with Gasteiger partial charge < -0.3 is 20.1 Å². The van der Waals surface area contributed by atoms with E-state index in [2.05, 4.69) is 20.6 Å². The second-order valence-electron chi connectivity index (χ2n) is 5.45. The fourth-order valence-electron chi connectivity index (χ4n) is 2.28. The van der Waals surface area contributed by atoms with Crippen molar-refractivity contribution in [3.05, 3.63) is 65.4 Å². The van der Waals surface area contributed by atoms with Gasteiger partial charge in [0.25, 0.3) is 5.91 Å². The lowest BCUT2D eigenvalue weighted by molar-refractivity contribution is 0.102. The number of methoxy groups -OCH3 is 2. The van der Waals surface area contributed by atoms with Gasteiger partial charge in [-0.3, -0.25) is 4.79 Å². The van der Waals surface area contributed by atoms with E-state index >= 15 is 0 Å². The molecule has 0 fully saturated rings. The molecule has 2 N–H and O–H groups in total. The number of amides is 1. The number of carbonyl (C=O) groups is 1. The van der Waals surface area contributed by atoms with E-state index in [0.29, 0.717) is 39.4 Å². The molecule has 0 saturated heterocycles. The third-order valence-corrected chi connectivity index (χ3v) is 3.92. The maximum absolute atomic E-state index is 12.3. The summed E-state index contributed by atoms with van der Waals surface area (Å²) in [6.07, 6.45) is 2.88. The van der Waals surface area contributed by atoms with Crippen LogP contribution >= 0.6 is 11.6 Å². The maximum Gasteiger partial charge on any atom is 0.258 e. The summed E-state index contributed by atoms with van der Waals surface area (Å²) in [5.41, 5.74) is 1.61. The summed E-state index contributed by atoms with van der Waals surface area (Å²) in [5.74, 6) is 1.29. The number of benzene rings is 2. The van der Waals surface area contributed by atoms with Crippen LogP contribution in [-0.4, -0.2) is 30.1 Å². The van der Waals surface area contributed by atoms with Crippen LogP contribution in [0.25, 0.3) is 0 Å². The van der Waals surface area contributed by atoms with Gasteiger partial charge in [0.2, 0.25) is 5.95 Å². The van der Waals surface area contributed by atoms with Crippen molar-refractivity contribution in [1.82, 2.24) is 9.97 Å². The van der Waals surface area contributed by atoms with Gasteiger partial charge in [-0.05, 0) is 36.4 Å². The normalized spacial score (nSPS) is 10.2. The standard InChI is InChI=1S/C19H17ClN4O3/c1-26-15-7-8-17(27-2)16(9-15)24-19-21-10-12(11-22-19)18(25)23-14-5-3-13(20)4-6-14/h3-11H,1-2H3,(H,23,25)(H,21,22,24). The van der Waals surface area contributed by atoms with E-state index in [9.17, 15) is 4.79 Å². The molecule has 0 radical (unpaired) electrons. The van der Waals surface area contributed by atoms with Gasteiger partial charge in [0.15, 0.2) is 0 Å². The second kappa shape index (κ2) is 8.37. The molecule has 0 aliphatic rings. The SMILES string of the molecule is COc1ccc(OC)c(Nc2ncc(C(=O)Nc3ccc(Cl)cc3)cn2)c1. The highest BCUT2D eigenvalue weighted by atomic mass is 35.5. The second-order valence-corrected chi connectivity index (χ2v) is 5.88. The zero-order chi connectivity index (χ0) is 19.2. The van der Waals surface area contributed by atoms with Gasteiger partial charge in [-0.25, -0.2) is 9.97 Å². The smallest absolute Gasteiger partial charge is 0.258 e. The number of nitrogens with zero attached hydrogens (tertiary/aromatic N) is 2. The Hall–Kier alpha value is -3.32. The Morgan fingerprint density at radius 3 is 2.33 bits per heavy atom. The fraction of sp³-hybridized carbons (Fsp3) is 0.105. The monoisotopic (exact) mass is 384 g/mol. The van der Waals surface area contributed by atoms with Gasteiger partial charge in [-0.2, -0.15) is 0 Å². The van der Waals surface area contributed by atoms with Gasteiger partial charge in [0, 0.05) is 29.2 Å². The first-order valence-corrected chi connectivity index (χ1v) is 8.35. The molecule has 2 aromatic carbocycles. The summed E-state index contributed by atoms with van der Waals surface area (Å²) in [6, 6.07) is 12.1. The molecule has 8 heteroatoms. The zero-order valence-electron chi connectivity index (χ0n) is 14.7. The molecule has 1 heterocycles. The molecule has 0 atom stereocenters. The first kappa shape index (κ1) is 18.5. The van der Waals surface area contributed by atoms with Gasteiger partial charge in [0.1, 0.15) is 11.5 Å². The molecule has 3 rings (SSSR count). The predicted octanol–water partition coefficient (Wildman–Crippen LogP) is 4.14. The topological polar surface area (TPSA) is 85.4 Å². The van der Waals surface area contributed by atoms with Gasteiger partial charge in [-0.15, -0.1) is 0 Å². The molecule has 0 saturated carbocycles. The Kier molecular flexibility index (Phi) is 5.73. The Morgan fingerprint density at radius 2 is 1.70 bits per heavy atom. The van der Waals surface area contributed by atoms with Crippen LogP contribution < -0.4 is 20.1 Å². The quantitative estimate of drug-likeness (QED) is 0.664. The highest BCUT2D eigenvalue weighted by Crippen LogP contribution is 2.30. The van der Waals surface area contributed by atoms with Crippen molar-refractivity contribution >= 4 is 34.8 Å². The fourth-order valence-corrected chi connectivity index (χ4v) is 2.40. The van der Waals surface area contributed by atoms with Crippen LogP contribution in [0.2, 0.25) is 5.02 Å². The van der Waals surface area contributed by atoms with Crippen molar-refractivity contribution in [2.75, 3.05) is 24.9 Å². The summed E-state index contributed by atoms with van der Waals surface area (Å²) in [6.45, 7) is 0. The Labute approximate surface area is 161 Å². The predicted molar refractivity (Wildman–Crippen MR) is 104 cm³/mol. The molecule has 138 valence electrons. The van der Waals surface area contributed by atoms with Crippen LogP contribution in [0.5, 0.6) is 11.5 Å². The molecule has 27 heavy (non-hydrogen) atoms. The minimum absolute atomic E-state index is 0.317. The minimum atomic E-state index is -0.317. The number of rotatable bonds is 6. The van der Waals surface area contributed by atoms with Crippen molar-refractivity contribution in [3.8, 4) is 11.5 Å². The molecular formula is C19H17ClN4O3. The van der Waals surface area contributed by atoms with E-state index in [1.54, 1.807) is 56.7 Å². The minimum Gasteiger partial charge on any atom is -0.497 e. The Morgan fingerprint density at radius 1 is 1.00 bits per heavy atom. The lowest BCUT2D eigenvalue weighted by Gasteiger charge is -2.11. The van der Waals surface area contributed by atoms with Crippen molar-refractivity contribution in [3.63, 3.8) is 0 Å². The number of hydrogen-bond acceptors (Lipinski definition) is 6. The molecule has 0 aliphatic heterocycles. The molecule has 0 bridgehead atoms. The number of nitrogens with one attached hydrogen (secondary N) is 2. The van der Waals surface area contributed by atoms with E-state index in [1.165, 1.54) is 12.4 Å².